The molecule has 0 spiro atoms. The Morgan fingerprint density at radius 2 is 1.84 bits per heavy atom. The molecule has 130 valence electrons. The van der Waals surface area contributed by atoms with Crippen LogP contribution >= 0.6 is 0 Å². The smallest absolute Gasteiger partial charge is 0.317 e. The quantitative estimate of drug-likeness (QED) is 0.672. The van der Waals surface area contributed by atoms with Gasteiger partial charge in [0.25, 0.3) is 5.69 Å². The summed E-state index contributed by atoms with van der Waals surface area (Å²) < 4.78 is 0. The standard InChI is InChI=1S/C18H20N4O3/c23-18(20-15-5-7-16(8-6-15)22(24)25)21-13-3-1-2-4-17(21)14-9-11-19-12-10-14/h5-12,17H,1-4,13H2,(H,20,23). The van der Waals surface area contributed by atoms with Crippen molar-refractivity contribution in [3.05, 3.63) is 64.5 Å². The molecule has 0 bridgehead atoms. The highest BCUT2D eigenvalue weighted by atomic mass is 16.6. The summed E-state index contributed by atoms with van der Waals surface area (Å²) in [6.45, 7) is 0.686. The summed E-state index contributed by atoms with van der Waals surface area (Å²) in [7, 11) is 0. The zero-order chi connectivity index (χ0) is 17.6. The topological polar surface area (TPSA) is 88.4 Å². The first kappa shape index (κ1) is 16.9. The van der Waals surface area contributed by atoms with E-state index in [2.05, 4.69) is 10.3 Å². The van der Waals surface area contributed by atoms with E-state index in [0.717, 1.165) is 31.2 Å². The molecule has 1 aromatic heterocycles. The fourth-order valence-corrected chi connectivity index (χ4v) is 3.15. The third kappa shape index (κ3) is 4.12. The molecule has 3 rings (SSSR count). The van der Waals surface area contributed by atoms with Crippen LogP contribution in [0.5, 0.6) is 0 Å². The molecular formula is C18H20N4O3. The van der Waals surface area contributed by atoms with Crippen LogP contribution in [0.4, 0.5) is 16.2 Å². The molecule has 1 atom stereocenters. The van der Waals surface area contributed by atoms with Crippen LogP contribution in [0.25, 0.3) is 0 Å². The zero-order valence-electron chi connectivity index (χ0n) is 13.8. The number of carbonyl (C=O) groups is 1. The van der Waals surface area contributed by atoms with Crippen LogP contribution in [0, 0.1) is 10.1 Å². The van der Waals surface area contributed by atoms with E-state index in [1.54, 1.807) is 24.5 Å². The normalized spacial score (nSPS) is 17.6. The molecule has 7 heteroatoms. The van der Waals surface area contributed by atoms with Crippen LogP contribution in [0.2, 0.25) is 0 Å². The lowest BCUT2D eigenvalue weighted by Gasteiger charge is -2.30. The van der Waals surface area contributed by atoms with Gasteiger partial charge in [-0.2, -0.15) is 0 Å². The number of nitrogens with one attached hydrogen (secondary N) is 1. The monoisotopic (exact) mass is 340 g/mol. The van der Waals surface area contributed by atoms with Crippen LogP contribution in [-0.4, -0.2) is 27.4 Å². The Hall–Kier alpha value is -2.96. The van der Waals surface area contributed by atoms with Crippen molar-refractivity contribution in [3.63, 3.8) is 0 Å². The minimum Gasteiger partial charge on any atom is -0.317 e. The number of nitro groups is 1. The first-order valence-corrected chi connectivity index (χ1v) is 8.37. The molecule has 1 aliphatic rings. The van der Waals surface area contributed by atoms with Crippen molar-refractivity contribution in [2.45, 2.75) is 31.7 Å². The lowest BCUT2D eigenvalue weighted by Crippen LogP contribution is -2.38. The van der Waals surface area contributed by atoms with Gasteiger partial charge in [0.2, 0.25) is 0 Å². The maximum absolute atomic E-state index is 12.8. The largest absolute Gasteiger partial charge is 0.322 e. The van der Waals surface area contributed by atoms with E-state index in [0.29, 0.717) is 12.2 Å². The summed E-state index contributed by atoms with van der Waals surface area (Å²) in [5.41, 5.74) is 1.63. The van der Waals surface area contributed by atoms with Crippen molar-refractivity contribution in [2.24, 2.45) is 0 Å². The molecule has 0 saturated carbocycles. The number of urea groups is 1. The summed E-state index contributed by atoms with van der Waals surface area (Å²) in [4.78, 5) is 29.0. The van der Waals surface area contributed by atoms with E-state index in [1.165, 1.54) is 12.1 Å². The van der Waals surface area contributed by atoms with Gasteiger partial charge in [0.15, 0.2) is 0 Å². The number of hydrogen-bond acceptors (Lipinski definition) is 4. The van der Waals surface area contributed by atoms with Crippen molar-refractivity contribution >= 4 is 17.4 Å². The molecule has 1 unspecified atom stereocenters. The maximum Gasteiger partial charge on any atom is 0.322 e. The lowest BCUT2D eigenvalue weighted by atomic mass is 10.0. The van der Waals surface area contributed by atoms with E-state index in [-0.39, 0.29) is 17.8 Å². The number of amides is 2. The number of benzene rings is 1. The summed E-state index contributed by atoms with van der Waals surface area (Å²) in [6.07, 6.45) is 7.55. The summed E-state index contributed by atoms with van der Waals surface area (Å²) in [6, 6.07) is 9.60. The van der Waals surface area contributed by atoms with Gasteiger partial charge in [0.1, 0.15) is 0 Å². The average Bonchev–Trinajstić information content (AvgIpc) is 2.89. The third-order valence-electron chi connectivity index (χ3n) is 4.43. The molecule has 1 aromatic carbocycles. The second-order valence-corrected chi connectivity index (χ2v) is 6.07. The Kier molecular flexibility index (Phi) is 5.23. The first-order chi connectivity index (χ1) is 12.1. The number of non-ortho nitro benzene ring substituents is 1. The number of hydrogen-bond donors (Lipinski definition) is 1. The lowest BCUT2D eigenvalue weighted by molar-refractivity contribution is -0.384. The van der Waals surface area contributed by atoms with Gasteiger partial charge < -0.3 is 10.2 Å². The predicted octanol–water partition coefficient (Wildman–Crippen LogP) is 4.14. The van der Waals surface area contributed by atoms with Crippen LogP contribution in [0.15, 0.2) is 48.8 Å². The molecule has 1 aliphatic heterocycles. The highest BCUT2D eigenvalue weighted by molar-refractivity contribution is 5.89. The number of rotatable bonds is 3. The Morgan fingerprint density at radius 3 is 2.52 bits per heavy atom. The Bertz CT molecular complexity index is 734. The SMILES string of the molecule is O=C(Nc1ccc([N+](=O)[O-])cc1)N1CCCCCC1c1ccncc1. The summed E-state index contributed by atoms with van der Waals surface area (Å²) in [5.74, 6) is 0. The minimum absolute atomic E-state index is 0.00225. The average molecular weight is 340 g/mol. The van der Waals surface area contributed by atoms with Gasteiger partial charge in [0, 0.05) is 36.8 Å². The summed E-state index contributed by atoms with van der Waals surface area (Å²) in [5, 5.41) is 13.6. The van der Waals surface area contributed by atoms with E-state index in [1.807, 2.05) is 17.0 Å². The van der Waals surface area contributed by atoms with E-state index in [4.69, 9.17) is 0 Å². The van der Waals surface area contributed by atoms with E-state index < -0.39 is 4.92 Å². The fourth-order valence-electron chi connectivity index (χ4n) is 3.15. The number of carbonyl (C=O) groups excluding carboxylic acids is 1. The molecule has 2 aromatic rings. The second-order valence-electron chi connectivity index (χ2n) is 6.07. The van der Waals surface area contributed by atoms with Gasteiger partial charge in [-0.05, 0) is 42.7 Å². The van der Waals surface area contributed by atoms with Crippen LogP contribution in [0.1, 0.15) is 37.3 Å². The fraction of sp³-hybridized carbons (Fsp3) is 0.333. The third-order valence-corrected chi connectivity index (χ3v) is 4.43. The summed E-state index contributed by atoms with van der Waals surface area (Å²) >= 11 is 0. The number of aromatic nitrogens is 1. The molecule has 0 aliphatic carbocycles. The Labute approximate surface area is 145 Å². The molecule has 7 nitrogen and oxygen atoms in total. The minimum atomic E-state index is -0.458. The van der Waals surface area contributed by atoms with Gasteiger partial charge >= 0.3 is 6.03 Å². The molecule has 2 amide bonds. The van der Waals surface area contributed by atoms with E-state index >= 15 is 0 Å². The highest BCUT2D eigenvalue weighted by Gasteiger charge is 2.26. The molecule has 25 heavy (non-hydrogen) atoms. The van der Waals surface area contributed by atoms with Crippen molar-refractivity contribution < 1.29 is 9.72 Å². The van der Waals surface area contributed by atoms with Crippen molar-refractivity contribution in [3.8, 4) is 0 Å². The molecule has 1 saturated heterocycles. The van der Waals surface area contributed by atoms with Gasteiger partial charge in [-0.3, -0.25) is 15.1 Å². The molecular weight excluding hydrogens is 320 g/mol. The molecule has 1 N–H and O–H groups in total. The van der Waals surface area contributed by atoms with Gasteiger partial charge in [-0.1, -0.05) is 12.8 Å². The zero-order valence-corrected chi connectivity index (χ0v) is 13.8. The highest BCUT2D eigenvalue weighted by Crippen LogP contribution is 2.30. The van der Waals surface area contributed by atoms with Crippen LogP contribution in [-0.2, 0) is 0 Å². The van der Waals surface area contributed by atoms with Crippen LogP contribution < -0.4 is 5.32 Å². The number of likely N-dealkylation sites (tertiary alicyclic amines) is 1. The Balaban J connectivity index is 1.76. The molecule has 1 fully saturated rings. The predicted molar refractivity (Wildman–Crippen MR) is 94.3 cm³/mol. The van der Waals surface area contributed by atoms with Gasteiger partial charge in [0.05, 0.1) is 11.0 Å². The molecule has 2 heterocycles. The Morgan fingerprint density at radius 1 is 1.12 bits per heavy atom. The van der Waals surface area contributed by atoms with Gasteiger partial charge in [-0.15, -0.1) is 0 Å². The maximum atomic E-state index is 12.8. The first-order valence-electron chi connectivity index (χ1n) is 8.37. The number of nitrogens with zero attached hydrogens (tertiary/aromatic N) is 3. The van der Waals surface area contributed by atoms with Crippen molar-refractivity contribution in [2.75, 3.05) is 11.9 Å². The number of nitro benzene ring substituents is 1. The number of anilines is 1. The van der Waals surface area contributed by atoms with Crippen molar-refractivity contribution in [1.82, 2.24) is 9.88 Å². The second kappa shape index (κ2) is 7.74. The number of pyridine rings is 1. The van der Waals surface area contributed by atoms with E-state index in [9.17, 15) is 14.9 Å². The molecule has 0 radical (unpaired) electrons. The van der Waals surface area contributed by atoms with Crippen LogP contribution in [0.3, 0.4) is 0 Å². The van der Waals surface area contributed by atoms with Crippen molar-refractivity contribution in [1.29, 1.82) is 0 Å². The van der Waals surface area contributed by atoms with Gasteiger partial charge in [-0.25, -0.2) is 4.79 Å².